The van der Waals surface area contributed by atoms with Gasteiger partial charge in [-0.25, -0.2) is 9.50 Å². The second kappa shape index (κ2) is 3.18. The molecule has 18 heavy (non-hydrogen) atoms. The van der Waals surface area contributed by atoms with Crippen LogP contribution in [-0.2, 0) is 6.18 Å². The molecule has 2 heterocycles. The predicted octanol–water partition coefficient (Wildman–Crippen LogP) is 2.73. The van der Waals surface area contributed by atoms with Gasteiger partial charge in [0.25, 0.3) is 0 Å². The second-order valence-electron chi connectivity index (χ2n) is 4.16. The summed E-state index contributed by atoms with van der Waals surface area (Å²) < 4.78 is 39.3. The van der Waals surface area contributed by atoms with E-state index in [-0.39, 0.29) is 11.3 Å². The number of aryl methyl sites for hydroxylation is 1. The smallest absolute Gasteiger partial charge is 0.394 e. The van der Waals surface area contributed by atoms with Crippen LogP contribution < -0.4 is 5.73 Å². The lowest BCUT2D eigenvalue weighted by Crippen LogP contribution is -2.09. The Bertz CT molecular complexity index is 751. The number of hydrogen-bond acceptors (Lipinski definition) is 2. The molecule has 0 spiro atoms. The lowest BCUT2D eigenvalue weighted by atomic mass is 10.2. The van der Waals surface area contributed by atoms with E-state index in [0.29, 0.717) is 11.0 Å². The van der Waals surface area contributed by atoms with Crippen molar-refractivity contribution in [1.29, 1.82) is 0 Å². The number of aromatic nitrogens is 3. The number of nitrogens with one attached hydrogen (secondary N) is 1. The third-order valence-electron chi connectivity index (χ3n) is 2.83. The number of aromatic amines is 1. The Balaban J connectivity index is 2.42. The lowest BCUT2D eigenvalue weighted by molar-refractivity contribution is -0.140. The zero-order chi connectivity index (χ0) is 13.1. The second-order valence-corrected chi connectivity index (χ2v) is 4.16. The summed E-state index contributed by atoms with van der Waals surface area (Å²) in [5.74, 6) is 0. The highest BCUT2D eigenvalue weighted by Crippen LogP contribution is 2.35. The minimum Gasteiger partial charge on any atom is -0.394 e. The summed E-state index contributed by atoms with van der Waals surface area (Å²) in [5.41, 5.74) is 6.37. The summed E-state index contributed by atoms with van der Waals surface area (Å²) in [7, 11) is 0. The number of halogens is 3. The molecule has 1 aromatic carbocycles. The van der Waals surface area contributed by atoms with E-state index in [1.54, 1.807) is 12.1 Å². The van der Waals surface area contributed by atoms with E-state index in [1.165, 1.54) is 4.52 Å². The molecule has 0 aliphatic heterocycles. The first-order valence-corrected chi connectivity index (χ1v) is 5.21. The van der Waals surface area contributed by atoms with Gasteiger partial charge in [-0.3, -0.25) is 5.10 Å². The third kappa shape index (κ3) is 1.36. The zero-order valence-electron chi connectivity index (χ0n) is 9.34. The molecule has 3 rings (SSSR count). The van der Waals surface area contributed by atoms with Gasteiger partial charge in [0.15, 0.2) is 11.3 Å². The highest BCUT2D eigenvalue weighted by molar-refractivity contribution is 5.85. The first kappa shape index (κ1) is 10.9. The summed E-state index contributed by atoms with van der Waals surface area (Å²) in [6.45, 7) is 1.86. The van der Waals surface area contributed by atoms with Gasteiger partial charge < -0.3 is 5.73 Å². The fraction of sp³-hybridized carbons (Fsp3) is 0.182. The van der Waals surface area contributed by atoms with Crippen molar-refractivity contribution in [2.24, 2.45) is 0 Å². The van der Waals surface area contributed by atoms with Gasteiger partial charge in [0.05, 0.1) is 11.0 Å². The van der Waals surface area contributed by atoms with Crippen molar-refractivity contribution in [2.45, 2.75) is 13.1 Å². The third-order valence-corrected chi connectivity index (χ3v) is 2.83. The Morgan fingerprint density at radius 3 is 2.72 bits per heavy atom. The number of anilines is 1. The van der Waals surface area contributed by atoms with Crippen molar-refractivity contribution in [3.8, 4) is 0 Å². The molecule has 94 valence electrons. The van der Waals surface area contributed by atoms with Crippen LogP contribution in [0.5, 0.6) is 0 Å². The molecule has 2 aromatic heterocycles. The molecule has 0 bridgehead atoms. The lowest BCUT2D eigenvalue weighted by Gasteiger charge is -2.03. The number of benzene rings is 1. The SMILES string of the molecule is Cc1ccc2nc3c(N)c(C(F)(F)F)[nH]n3c2c1. The van der Waals surface area contributed by atoms with Crippen LogP contribution in [0.3, 0.4) is 0 Å². The summed E-state index contributed by atoms with van der Waals surface area (Å²) in [4.78, 5) is 4.10. The summed E-state index contributed by atoms with van der Waals surface area (Å²) >= 11 is 0. The van der Waals surface area contributed by atoms with Crippen LogP contribution in [0.2, 0.25) is 0 Å². The van der Waals surface area contributed by atoms with E-state index >= 15 is 0 Å². The van der Waals surface area contributed by atoms with Crippen molar-refractivity contribution in [1.82, 2.24) is 14.6 Å². The average Bonchev–Trinajstić information content (AvgIpc) is 2.76. The first-order chi connectivity index (χ1) is 8.38. The minimum atomic E-state index is -4.51. The standard InChI is InChI=1S/C11H9F3N4/c1-5-2-3-6-7(4-5)18-10(16-6)8(15)9(17-18)11(12,13)14/h2-4,17H,15H2,1H3. The number of nitrogens with two attached hydrogens (primary N) is 1. The summed E-state index contributed by atoms with van der Waals surface area (Å²) in [6.07, 6.45) is -4.51. The van der Waals surface area contributed by atoms with E-state index in [0.717, 1.165) is 5.56 Å². The van der Waals surface area contributed by atoms with Crippen molar-refractivity contribution < 1.29 is 13.2 Å². The molecule has 0 aliphatic rings. The molecule has 3 N–H and O–H groups in total. The number of hydrogen-bond donors (Lipinski definition) is 2. The molecular formula is C11H9F3N4. The van der Waals surface area contributed by atoms with Crippen molar-refractivity contribution in [3.63, 3.8) is 0 Å². The van der Waals surface area contributed by atoms with Crippen LogP contribution in [0.15, 0.2) is 18.2 Å². The molecule has 0 fully saturated rings. The van der Waals surface area contributed by atoms with Crippen molar-refractivity contribution >= 4 is 22.4 Å². The van der Waals surface area contributed by atoms with Crippen LogP contribution in [0.25, 0.3) is 16.7 Å². The highest BCUT2D eigenvalue weighted by Gasteiger charge is 2.37. The van der Waals surface area contributed by atoms with Crippen LogP contribution in [0, 0.1) is 6.92 Å². The van der Waals surface area contributed by atoms with E-state index in [4.69, 9.17) is 5.73 Å². The molecule has 3 aromatic rings. The number of rotatable bonds is 0. The highest BCUT2D eigenvalue weighted by atomic mass is 19.4. The molecule has 0 atom stereocenters. The van der Waals surface area contributed by atoms with Gasteiger partial charge in [-0.15, -0.1) is 0 Å². The van der Waals surface area contributed by atoms with Gasteiger partial charge in [0, 0.05) is 0 Å². The summed E-state index contributed by atoms with van der Waals surface area (Å²) in [5, 5.41) is 2.26. The Morgan fingerprint density at radius 1 is 1.33 bits per heavy atom. The van der Waals surface area contributed by atoms with Crippen LogP contribution in [0.1, 0.15) is 11.3 Å². The van der Waals surface area contributed by atoms with Gasteiger partial charge in [-0.05, 0) is 24.6 Å². The normalized spacial score (nSPS) is 12.7. The van der Waals surface area contributed by atoms with Gasteiger partial charge in [-0.2, -0.15) is 13.2 Å². The summed E-state index contributed by atoms with van der Waals surface area (Å²) in [6, 6.07) is 5.35. The Labute approximate surface area is 99.2 Å². The maximum absolute atomic E-state index is 12.7. The molecule has 4 nitrogen and oxygen atoms in total. The van der Waals surface area contributed by atoms with Gasteiger partial charge in [0.1, 0.15) is 5.69 Å². The number of H-pyrrole nitrogens is 1. The van der Waals surface area contributed by atoms with E-state index in [9.17, 15) is 13.2 Å². The molecule has 0 radical (unpaired) electrons. The number of alkyl halides is 3. The largest absolute Gasteiger partial charge is 0.434 e. The fourth-order valence-electron chi connectivity index (χ4n) is 1.98. The molecule has 0 saturated carbocycles. The number of fused-ring (bicyclic) bond motifs is 3. The van der Waals surface area contributed by atoms with Gasteiger partial charge in [0.2, 0.25) is 0 Å². The maximum atomic E-state index is 12.7. The number of nitrogens with zero attached hydrogens (tertiary/aromatic N) is 2. The molecule has 0 aliphatic carbocycles. The molecule has 7 heteroatoms. The zero-order valence-corrected chi connectivity index (χ0v) is 9.34. The topological polar surface area (TPSA) is 59.1 Å². The van der Waals surface area contributed by atoms with Crippen molar-refractivity contribution in [2.75, 3.05) is 5.73 Å². The Hall–Kier alpha value is -2.18. The van der Waals surface area contributed by atoms with E-state index < -0.39 is 11.9 Å². The van der Waals surface area contributed by atoms with E-state index in [2.05, 4.69) is 10.1 Å². The fourth-order valence-corrected chi connectivity index (χ4v) is 1.98. The van der Waals surface area contributed by atoms with E-state index in [1.807, 2.05) is 13.0 Å². The molecular weight excluding hydrogens is 245 g/mol. The Morgan fingerprint density at radius 2 is 2.06 bits per heavy atom. The van der Waals surface area contributed by atoms with Gasteiger partial charge in [-0.1, -0.05) is 6.07 Å². The Kier molecular flexibility index (Phi) is 1.93. The average molecular weight is 254 g/mol. The molecule has 0 amide bonds. The van der Waals surface area contributed by atoms with Crippen LogP contribution in [-0.4, -0.2) is 14.6 Å². The number of nitrogen functional groups attached to an aromatic ring is 1. The van der Waals surface area contributed by atoms with Crippen LogP contribution >= 0.6 is 0 Å². The van der Waals surface area contributed by atoms with Crippen molar-refractivity contribution in [3.05, 3.63) is 29.5 Å². The monoisotopic (exact) mass is 254 g/mol. The minimum absolute atomic E-state index is 0.0999. The molecule has 0 unspecified atom stereocenters. The van der Waals surface area contributed by atoms with Gasteiger partial charge >= 0.3 is 6.18 Å². The number of imidazole rings is 1. The molecule has 0 saturated heterocycles. The van der Waals surface area contributed by atoms with Crippen LogP contribution in [0.4, 0.5) is 18.9 Å². The maximum Gasteiger partial charge on any atom is 0.434 e. The quantitative estimate of drug-likeness (QED) is 0.648. The predicted molar refractivity (Wildman–Crippen MR) is 61.2 cm³/mol. The first-order valence-electron chi connectivity index (χ1n) is 5.21.